The Labute approximate surface area is 107 Å². The normalized spacial score (nSPS) is 19.4. The summed E-state index contributed by atoms with van der Waals surface area (Å²) in [4.78, 5) is 13.0. The summed E-state index contributed by atoms with van der Waals surface area (Å²) in [6, 6.07) is 7.84. The molecule has 1 N–H and O–H groups in total. The zero-order valence-electron chi connectivity index (χ0n) is 9.73. The van der Waals surface area contributed by atoms with Crippen molar-refractivity contribution in [2.75, 3.05) is 0 Å². The minimum Gasteiger partial charge on any atom is -0.349 e. The Hall–Kier alpha value is -0.960. The number of hydrogen-bond donors (Lipinski definition) is 2. The lowest BCUT2D eigenvalue weighted by Crippen LogP contribution is -2.38. The lowest BCUT2D eigenvalue weighted by atomic mass is 10.1. The van der Waals surface area contributed by atoms with E-state index in [1.165, 1.54) is 25.7 Å². The molecule has 0 atom stereocenters. The maximum Gasteiger partial charge on any atom is 0.251 e. The summed E-state index contributed by atoms with van der Waals surface area (Å²) in [5, 5.41) is 3.21. The van der Waals surface area contributed by atoms with Crippen LogP contribution in [0.2, 0.25) is 0 Å². The molecule has 0 heterocycles. The molecule has 3 heteroatoms. The van der Waals surface area contributed by atoms with E-state index in [-0.39, 0.29) is 5.91 Å². The van der Waals surface area contributed by atoms with Gasteiger partial charge < -0.3 is 5.32 Å². The Bertz CT molecular complexity index is 408. The van der Waals surface area contributed by atoms with Crippen LogP contribution in [0.4, 0.5) is 0 Å². The van der Waals surface area contributed by atoms with Crippen molar-refractivity contribution in [3.8, 4) is 0 Å². The Morgan fingerprint density at radius 2 is 1.65 bits per heavy atom. The van der Waals surface area contributed by atoms with Gasteiger partial charge in [-0.1, -0.05) is 0 Å². The highest BCUT2D eigenvalue weighted by molar-refractivity contribution is 7.80. The van der Waals surface area contributed by atoms with Crippen LogP contribution in [0.1, 0.15) is 36.0 Å². The number of hydrogen-bond acceptors (Lipinski definition) is 2. The summed E-state index contributed by atoms with van der Waals surface area (Å²) in [6.45, 7) is 0. The minimum atomic E-state index is 0.0714. The van der Waals surface area contributed by atoms with Crippen LogP contribution < -0.4 is 5.32 Å². The van der Waals surface area contributed by atoms with Gasteiger partial charge in [-0.2, -0.15) is 0 Å². The van der Waals surface area contributed by atoms with E-state index >= 15 is 0 Å². The molecule has 0 radical (unpaired) electrons. The van der Waals surface area contributed by atoms with Gasteiger partial charge >= 0.3 is 0 Å². The minimum absolute atomic E-state index is 0.0714. The van der Waals surface area contributed by atoms with Crippen LogP contribution in [0.15, 0.2) is 29.2 Å². The van der Waals surface area contributed by atoms with Crippen LogP contribution in [0.3, 0.4) is 0 Å². The van der Waals surface area contributed by atoms with Gasteiger partial charge in [-0.3, -0.25) is 4.79 Å². The second-order valence-electron chi connectivity index (χ2n) is 5.22. The molecule has 17 heavy (non-hydrogen) atoms. The third kappa shape index (κ3) is 2.65. The lowest BCUT2D eigenvalue weighted by Gasteiger charge is -2.17. The first kappa shape index (κ1) is 11.1. The summed E-state index contributed by atoms with van der Waals surface area (Å²) in [6.07, 6.45) is 5.15. The quantitative estimate of drug-likeness (QED) is 0.787. The van der Waals surface area contributed by atoms with E-state index in [2.05, 4.69) is 17.9 Å². The molecular formula is C14H17NOS. The fourth-order valence-electron chi connectivity index (χ4n) is 2.38. The smallest absolute Gasteiger partial charge is 0.251 e. The van der Waals surface area contributed by atoms with E-state index in [0.717, 1.165) is 22.3 Å². The molecule has 1 aromatic carbocycles. The molecule has 2 nitrogen and oxygen atoms in total. The number of benzene rings is 1. The van der Waals surface area contributed by atoms with Gasteiger partial charge in [-0.25, -0.2) is 0 Å². The molecule has 0 aromatic heterocycles. The van der Waals surface area contributed by atoms with E-state index in [4.69, 9.17) is 0 Å². The SMILES string of the molecule is O=C(NC(C1CC1)C1CC1)c1ccc(S)cc1. The van der Waals surface area contributed by atoms with Crippen molar-refractivity contribution in [1.29, 1.82) is 0 Å². The number of rotatable bonds is 4. The van der Waals surface area contributed by atoms with Crippen LogP contribution >= 0.6 is 12.6 Å². The number of thiol groups is 1. The summed E-state index contributed by atoms with van der Waals surface area (Å²) >= 11 is 4.22. The second kappa shape index (κ2) is 4.37. The highest BCUT2D eigenvalue weighted by Crippen LogP contribution is 2.44. The average molecular weight is 247 g/mol. The average Bonchev–Trinajstić information content (AvgIpc) is 3.17. The van der Waals surface area contributed by atoms with Crippen LogP contribution in [0.25, 0.3) is 0 Å². The van der Waals surface area contributed by atoms with Crippen molar-refractivity contribution in [1.82, 2.24) is 5.32 Å². The van der Waals surface area contributed by atoms with Crippen molar-refractivity contribution in [2.24, 2.45) is 11.8 Å². The van der Waals surface area contributed by atoms with Gasteiger partial charge in [0.15, 0.2) is 0 Å². The Balaban J connectivity index is 1.67. The second-order valence-corrected chi connectivity index (χ2v) is 5.74. The highest BCUT2D eigenvalue weighted by atomic mass is 32.1. The first-order chi connectivity index (χ1) is 8.24. The van der Waals surface area contributed by atoms with Crippen LogP contribution in [0, 0.1) is 11.8 Å². The molecule has 3 rings (SSSR count). The van der Waals surface area contributed by atoms with Gasteiger partial charge in [-0.15, -0.1) is 12.6 Å². The lowest BCUT2D eigenvalue weighted by molar-refractivity contribution is 0.0926. The molecule has 0 aliphatic heterocycles. The van der Waals surface area contributed by atoms with E-state index in [1.54, 1.807) is 0 Å². The van der Waals surface area contributed by atoms with E-state index < -0.39 is 0 Å². The summed E-state index contributed by atoms with van der Waals surface area (Å²) in [7, 11) is 0. The molecule has 2 aliphatic rings. The van der Waals surface area contributed by atoms with E-state index in [0.29, 0.717) is 6.04 Å². The Morgan fingerprint density at radius 3 is 2.12 bits per heavy atom. The number of amides is 1. The first-order valence-corrected chi connectivity index (χ1v) is 6.78. The topological polar surface area (TPSA) is 29.1 Å². The standard InChI is InChI=1S/C14H17NOS/c16-14(11-5-7-12(17)8-6-11)15-13(9-1-2-9)10-3-4-10/h5-10,13,17H,1-4H2,(H,15,16). The number of nitrogens with one attached hydrogen (secondary N) is 1. The van der Waals surface area contributed by atoms with E-state index in [1.807, 2.05) is 24.3 Å². The van der Waals surface area contributed by atoms with Crippen LogP contribution in [0.5, 0.6) is 0 Å². The molecule has 0 bridgehead atoms. The largest absolute Gasteiger partial charge is 0.349 e. The monoisotopic (exact) mass is 247 g/mol. The molecule has 1 amide bonds. The molecule has 2 saturated carbocycles. The maximum absolute atomic E-state index is 12.1. The Morgan fingerprint density at radius 1 is 1.12 bits per heavy atom. The molecular weight excluding hydrogens is 230 g/mol. The van der Waals surface area contributed by atoms with Gasteiger partial charge in [0, 0.05) is 16.5 Å². The summed E-state index contributed by atoms with van der Waals surface area (Å²) < 4.78 is 0. The molecule has 0 saturated heterocycles. The molecule has 1 aromatic rings. The molecule has 2 aliphatic carbocycles. The van der Waals surface area contributed by atoms with Crippen molar-refractivity contribution in [3.63, 3.8) is 0 Å². The molecule has 90 valence electrons. The van der Waals surface area contributed by atoms with Gasteiger partial charge in [0.05, 0.1) is 0 Å². The molecule has 0 unspecified atom stereocenters. The summed E-state index contributed by atoms with van der Waals surface area (Å²) in [5.74, 6) is 1.56. The van der Waals surface area contributed by atoms with E-state index in [9.17, 15) is 4.79 Å². The fourth-order valence-corrected chi connectivity index (χ4v) is 2.53. The van der Waals surface area contributed by atoms with Gasteiger partial charge in [0.1, 0.15) is 0 Å². The third-order valence-corrected chi connectivity index (χ3v) is 3.99. The molecule has 0 spiro atoms. The zero-order valence-corrected chi connectivity index (χ0v) is 10.6. The van der Waals surface area contributed by atoms with Crippen molar-refractivity contribution < 1.29 is 4.79 Å². The van der Waals surface area contributed by atoms with Gasteiger partial charge in [0.25, 0.3) is 5.91 Å². The van der Waals surface area contributed by atoms with Gasteiger partial charge in [-0.05, 0) is 61.8 Å². The van der Waals surface area contributed by atoms with Gasteiger partial charge in [0.2, 0.25) is 0 Å². The van der Waals surface area contributed by atoms with Crippen molar-refractivity contribution in [3.05, 3.63) is 29.8 Å². The molecule has 2 fully saturated rings. The zero-order chi connectivity index (χ0) is 11.8. The summed E-state index contributed by atoms with van der Waals surface area (Å²) in [5.41, 5.74) is 0.745. The first-order valence-electron chi connectivity index (χ1n) is 6.34. The third-order valence-electron chi connectivity index (χ3n) is 3.69. The van der Waals surface area contributed by atoms with Crippen molar-refractivity contribution >= 4 is 18.5 Å². The number of carbonyl (C=O) groups excluding carboxylic acids is 1. The van der Waals surface area contributed by atoms with Crippen LogP contribution in [-0.2, 0) is 0 Å². The predicted octanol–water partition coefficient (Wildman–Crippen LogP) is 2.89. The Kier molecular flexibility index (Phi) is 2.87. The van der Waals surface area contributed by atoms with Crippen molar-refractivity contribution in [2.45, 2.75) is 36.6 Å². The maximum atomic E-state index is 12.1. The van der Waals surface area contributed by atoms with Crippen LogP contribution in [-0.4, -0.2) is 11.9 Å². The highest BCUT2D eigenvalue weighted by Gasteiger charge is 2.42. The predicted molar refractivity (Wildman–Crippen MR) is 70.4 cm³/mol. The number of carbonyl (C=O) groups is 1. The fraction of sp³-hybridized carbons (Fsp3) is 0.500.